The van der Waals surface area contributed by atoms with Crippen molar-refractivity contribution in [3.63, 3.8) is 0 Å². The van der Waals surface area contributed by atoms with Crippen molar-refractivity contribution in [2.75, 3.05) is 19.6 Å². The number of nitrogens with zero attached hydrogens (tertiary/aromatic N) is 2. The average Bonchev–Trinajstić information content (AvgIpc) is 2.39. The van der Waals surface area contributed by atoms with E-state index < -0.39 is 0 Å². The first kappa shape index (κ1) is 14.1. The topological polar surface area (TPSA) is 28.2 Å². The molecule has 1 fully saturated rings. The molecule has 1 aromatic heterocycles. The first-order valence-electron chi connectivity index (χ1n) is 6.46. The van der Waals surface area contributed by atoms with Gasteiger partial charge in [0.1, 0.15) is 10.3 Å². The van der Waals surface area contributed by atoms with Gasteiger partial charge in [0.15, 0.2) is 0 Å². The van der Waals surface area contributed by atoms with E-state index in [0.29, 0.717) is 16.3 Å². The Morgan fingerprint density at radius 3 is 2.67 bits per heavy atom. The molecule has 1 saturated heterocycles. The van der Waals surface area contributed by atoms with Crippen LogP contribution in [0.15, 0.2) is 12.1 Å². The van der Waals surface area contributed by atoms with E-state index >= 15 is 0 Å². The van der Waals surface area contributed by atoms with E-state index in [1.165, 1.54) is 12.8 Å². The normalized spacial score (nSPS) is 17.3. The van der Waals surface area contributed by atoms with Crippen LogP contribution in [0, 0.1) is 0 Å². The Morgan fingerprint density at radius 2 is 2.06 bits per heavy atom. The Kier molecular flexibility index (Phi) is 5.25. The Bertz CT molecular complexity index is 392. The van der Waals surface area contributed by atoms with E-state index in [9.17, 15) is 0 Å². The molecule has 1 N–H and O–H groups in total. The number of pyridine rings is 1. The minimum atomic E-state index is 0.452. The maximum absolute atomic E-state index is 6.13. The van der Waals surface area contributed by atoms with Gasteiger partial charge in [0.05, 0.1) is 0 Å². The van der Waals surface area contributed by atoms with E-state index in [0.717, 1.165) is 31.7 Å². The van der Waals surface area contributed by atoms with Crippen molar-refractivity contribution in [2.24, 2.45) is 0 Å². The van der Waals surface area contributed by atoms with Crippen molar-refractivity contribution in [3.05, 3.63) is 28.0 Å². The standard InChI is InChI=1S/C13H19Cl2N3/c1-2-18(11-5-7-16-8-6-11)9-10-3-4-12(14)17-13(10)15/h3-4,11,16H,2,5-9H2,1H3. The van der Waals surface area contributed by atoms with Crippen LogP contribution in [0.2, 0.25) is 10.3 Å². The second-order valence-electron chi connectivity index (χ2n) is 4.63. The van der Waals surface area contributed by atoms with Crippen LogP contribution >= 0.6 is 23.2 Å². The number of hydrogen-bond acceptors (Lipinski definition) is 3. The van der Waals surface area contributed by atoms with E-state index in [1.807, 2.05) is 6.07 Å². The lowest BCUT2D eigenvalue weighted by molar-refractivity contribution is 0.162. The summed E-state index contributed by atoms with van der Waals surface area (Å²) in [5.41, 5.74) is 1.06. The van der Waals surface area contributed by atoms with Crippen LogP contribution in [-0.4, -0.2) is 35.6 Å². The van der Waals surface area contributed by atoms with Crippen molar-refractivity contribution in [1.82, 2.24) is 15.2 Å². The predicted octanol–water partition coefficient (Wildman–Crippen LogP) is 2.96. The molecule has 1 aliphatic rings. The lowest BCUT2D eigenvalue weighted by Crippen LogP contribution is -2.42. The summed E-state index contributed by atoms with van der Waals surface area (Å²) in [6.45, 7) is 6.29. The van der Waals surface area contributed by atoms with Crippen molar-refractivity contribution in [3.8, 4) is 0 Å². The molecule has 2 heterocycles. The van der Waals surface area contributed by atoms with Crippen LogP contribution in [0.25, 0.3) is 0 Å². The average molecular weight is 288 g/mol. The molecule has 0 saturated carbocycles. The summed E-state index contributed by atoms with van der Waals surface area (Å²) in [5.74, 6) is 0. The summed E-state index contributed by atoms with van der Waals surface area (Å²) in [6, 6.07) is 4.42. The van der Waals surface area contributed by atoms with Crippen molar-refractivity contribution >= 4 is 23.2 Å². The fourth-order valence-corrected chi connectivity index (χ4v) is 2.85. The lowest BCUT2D eigenvalue weighted by atomic mass is 10.0. The van der Waals surface area contributed by atoms with E-state index in [1.54, 1.807) is 6.07 Å². The largest absolute Gasteiger partial charge is 0.317 e. The molecule has 0 aliphatic carbocycles. The number of aromatic nitrogens is 1. The molecule has 0 atom stereocenters. The molecule has 0 unspecified atom stereocenters. The minimum Gasteiger partial charge on any atom is -0.317 e. The smallest absolute Gasteiger partial charge is 0.135 e. The van der Waals surface area contributed by atoms with Crippen molar-refractivity contribution in [2.45, 2.75) is 32.4 Å². The molecular formula is C13H19Cl2N3. The van der Waals surface area contributed by atoms with Crippen LogP contribution in [0.5, 0.6) is 0 Å². The maximum Gasteiger partial charge on any atom is 0.135 e. The van der Waals surface area contributed by atoms with Gasteiger partial charge in [-0.2, -0.15) is 0 Å². The third-order valence-electron chi connectivity index (χ3n) is 3.50. The van der Waals surface area contributed by atoms with E-state index in [4.69, 9.17) is 23.2 Å². The minimum absolute atomic E-state index is 0.452. The summed E-state index contributed by atoms with van der Waals surface area (Å²) in [4.78, 5) is 6.57. The highest BCUT2D eigenvalue weighted by atomic mass is 35.5. The number of piperidine rings is 1. The second-order valence-corrected chi connectivity index (χ2v) is 5.37. The molecule has 1 aromatic rings. The molecular weight excluding hydrogens is 269 g/mol. The second kappa shape index (κ2) is 6.71. The fraction of sp³-hybridized carbons (Fsp3) is 0.615. The van der Waals surface area contributed by atoms with Gasteiger partial charge in [0.25, 0.3) is 0 Å². The number of rotatable bonds is 4. The molecule has 0 aromatic carbocycles. The predicted molar refractivity (Wildman–Crippen MR) is 76.2 cm³/mol. The van der Waals surface area contributed by atoms with Crippen LogP contribution < -0.4 is 5.32 Å². The molecule has 1 aliphatic heterocycles. The van der Waals surface area contributed by atoms with Gasteiger partial charge >= 0.3 is 0 Å². The fourth-order valence-electron chi connectivity index (χ4n) is 2.45. The number of nitrogens with one attached hydrogen (secondary N) is 1. The van der Waals surface area contributed by atoms with Gasteiger partial charge in [-0.15, -0.1) is 0 Å². The third kappa shape index (κ3) is 3.58. The van der Waals surface area contributed by atoms with E-state index in [-0.39, 0.29) is 0 Å². The van der Waals surface area contributed by atoms with Gasteiger partial charge in [0.2, 0.25) is 0 Å². The quantitative estimate of drug-likeness (QED) is 0.863. The van der Waals surface area contributed by atoms with Crippen LogP contribution in [0.1, 0.15) is 25.3 Å². The Morgan fingerprint density at radius 1 is 1.33 bits per heavy atom. The van der Waals surface area contributed by atoms with Gasteiger partial charge in [0, 0.05) is 18.2 Å². The molecule has 0 amide bonds. The Balaban J connectivity index is 2.04. The van der Waals surface area contributed by atoms with E-state index in [2.05, 4.69) is 22.1 Å². The van der Waals surface area contributed by atoms with Gasteiger partial charge in [-0.3, -0.25) is 4.90 Å². The van der Waals surface area contributed by atoms with Crippen molar-refractivity contribution < 1.29 is 0 Å². The summed E-state index contributed by atoms with van der Waals surface area (Å²) in [6.07, 6.45) is 2.40. The molecule has 0 spiro atoms. The third-order valence-corrected chi connectivity index (χ3v) is 4.03. The highest BCUT2D eigenvalue weighted by molar-refractivity contribution is 6.32. The SMILES string of the molecule is CCN(Cc1ccc(Cl)nc1Cl)C1CCNCC1. The Labute approximate surface area is 118 Å². The first-order chi connectivity index (χ1) is 8.70. The molecule has 3 nitrogen and oxygen atoms in total. The van der Waals surface area contributed by atoms with Crippen LogP contribution in [-0.2, 0) is 6.54 Å². The number of hydrogen-bond donors (Lipinski definition) is 1. The van der Waals surface area contributed by atoms with Gasteiger partial charge in [-0.25, -0.2) is 4.98 Å². The monoisotopic (exact) mass is 287 g/mol. The molecule has 18 heavy (non-hydrogen) atoms. The van der Waals surface area contributed by atoms with Crippen molar-refractivity contribution in [1.29, 1.82) is 0 Å². The summed E-state index contributed by atoms with van der Waals surface area (Å²) < 4.78 is 0. The van der Waals surface area contributed by atoms with Gasteiger partial charge in [-0.1, -0.05) is 36.2 Å². The zero-order valence-electron chi connectivity index (χ0n) is 10.6. The lowest BCUT2D eigenvalue weighted by Gasteiger charge is -2.34. The molecule has 100 valence electrons. The maximum atomic E-state index is 6.13. The van der Waals surface area contributed by atoms with Gasteiger partial charge < -0.3 is 5.32 Å². The zero-order chi connectivity index (χ0) is 13.0. The van der Waals surface area contributed by atoms with Gasteiger partial charge in [-0.05, 0) is 38.5 Å². The molecule has 2 rings (SSSR count). The first-order valence-corrected chi connectivity index (χ1v) is 7.22. The summed E-state index contributed by atoms with van der Waals surface area (Å²) >= 11 is 12.0. The molecule has 0 radical (unpaired) electrons. The molecule has 5 heteroatoms. The Hall–Kier alpha value is -0.350. The van der Waals surface area contributed by atoms with Crippen LogP contribution in [0.4, 0.5) is 0 Å². The zero-order valence-corrected chi connectivity index (χ0v) is 12.1. The summed E-state index contributed by atoms with van der Waals surface area (Å²) in [7, 11) is 0. The number of halogens is 2. The summed E-state index contributed by atoms with van der Waals surface area (Å²) in [5, 5.41) is 4.37. The highest BCUT2D eigenvalue weighted by Gasteiger charge is 2.20. The highest BCUT2D eigenvalue weighted by Crippen LogP contribution is 2.21. The molecule has 0 bridgehead atoms. The van der Waals surface area contributed by atoms with Crippen LogP contribution in [0.3, 0.4) is 0 Å².